The summed E-state index contributed by atoms with van der Waals surface area (Å²) in [5, 5.41) is 13.6. The molecule has 3 N–H and O–H groups in total. The maximum absolute atomic E-state index is 12.7. The predicted octanol–water partition coefficient (Wildman–Crippen LogP) is 0.152. The molecule has 0 aliphatic carbocycles. The summed E-state index contributed by atoms with van der Waals surface area (Å²) in [6.45, 7) is 4.02. The van der Waals surface area contributed by atoms with Crippen LogP contribution in [0.2, 0.25) is 0 Å². The van der Waals surface area contributed by atoms with Gasteiger partial charge >= 0.3 is 5.97 Å². The number of nitrogens with zero attached hydrogens (tertiary/aromatic N) is 1. The molecule has 0 bridgehead atoms. The predicted molar refractivity (Wildman–Crippen MR) is 105 cm³/mol. The Kier molecular flexibility index (Phi) is 6.43. The maximum atomic E-state index is 12.7. The monoisotopic (exact) mass is 419 g/mol. The minimum Gasteiger partial charge on any atom is -0.486 e. The first kappa shape index (κ1) is 21.4. The Labute approximate surface area is 173 Å². The fourth-order valence-corrected chi connectivity index (χ4v) is 3.41. The quantitative estimate of drug-likeness (QED) is 0.573. The van der Waals surface area contributed by atoms with Gasteiger partial charge in [0.1, 0.15) is 25.8 Å². The molecule has 3 amide bonds. The van der Waals surface area contributed by atoms with Gasteiger partial charge in [-0.25, -0.2) is 0 Å². The molecule has 1 aromatic rings. The lowest BCUT2D eigenvalue weighted by Gasteiger charge is -2.24. The van der Waals surface area contributed by atoms with Crippen LogP contribution in [0.15, 0.2) is 18.2 Å². The van der Waals surface area contributed by atoms with E-state index in [0.29, 0.717) is 30.4 Å². The Balaban J connectivity index is 1.65. The maximum Gasteiger partial charge on any atom is 0.322 e. The van der Waals surface area contributed by atoms with Gasteiger partial charge in [-0.2, -0.15) is 0 Å². The van der Waals surface area contributed by atoms with E-state index in [-0.39, 0.29) is 24.8 Å². The van der Waals surface area contributed by atoms with E-state index in [4.69, 9.17) is 14.6 Å². The van der Waals surface area contributed by atoms with Gasteiger partial charge in [0.05, 0.1) is 5.92 Å². The smallest absolute Gasteiger partial charge is 0.322 e. The number of aliphatic carboxylic acids is 1. The average Bonchev–Trinajstić information content (AvgIpc) is 3.11. The lowest BCUT2D eigenvalue weighted by molar-refractivity contribution is -0.138. The van der Waals surface area contributed by atoms with Crippen molar-refractivity contribution in [2.75, 3.05) is 31.2 Å². The number of anilines is 1. The topological polar surface area (TPSA) is 134 Å². The van der Waals surface area contributed by atoms with Gasteiger partial charge in [0.25, 0.3) is 0 Å². The first-order valence-corrected chi connectivity index (χ1v) is 9.76. The number of carboxylic acids is 1. The van der Waals surface area contributed by atoms with Gasteiger partial charge in [0, 0.05) is 24.7 Å². The molecule has 10 heteroatoms. The number of hydrogen-bond donors (Lipinski definition) is 3. The van der Waals surface area contributed by atoms with E-state index in [2.05, 4.69) is 10.6 Å². The number of nitrogens with one attached hydrogen (secondary N) is 2. The van der Waals surface area contributed by atoms with Crippen LogP contribution in [-0.4, -0.2) is 61.1 Å². The van der Waals surface area contributed by atoms with Gasteiger partial charge in [-0.1, -0.05) is 13.8 Å². The van der Waals surface area contributed by atoms with Crippen molar-refractivity contribution in [1.82, 2.24) is 10.6 Å². The average molecular weight is 419 g/mol. The van der Waals surface area contributed by atoms with Crippen molar-refractivity contribution in [3.63, 3.8) is 0 Å². The first-order chi connectivity index (χ1) is 14.3. The molecule has 0 saturated carbocycles. The normalized spacial score (nSPS) is 18.8. The van der Waals surface area contributed by atoms with Crippen LogP contribution in [-0.2, 0) is 19.2 Å². The van der Waals surface area contributed by atoms with Crippen LogP contribution in [0.25, 0.3) is 0 Å². The molecule has 1 fully saturated rings. The number of carbonyl (C=O) groups is 4. The number of fused-ring (bicyclic) bond motifs is 1. The summed E-state index contributed by atoms with van der Waals surface area (Å²) in [4.78, 5) is 49.7. The van der Waals surface area contributed by atoms with Crippen molar-refractivity contribution >= 4 is 29.4 Å². The number of rotatable bonds is 7. The standard InChI is InChI=1S/C20H25N3O7/c1-11(2)18(20(28)21-9-17(25)26)22-19(27)12-7-16(24)23(10-12)13-3-4-14-15(8-13)30-6-5-29-14/h3-4,8,11-12,18H,5-7,9-10H2,1-2H3,(H,21,28)(H,22,27)(H,25,26)/t12-,18+/m1/s1. The van der Waals surface area contributed by atoms with Crippen molar-refractivity contribution in [3.8, 4) is 11.5 Å². The summed E-state index contributed by atoms with van der Waals surface area (Å²) in [6.07, 6.45) is 0.0157. The van der Waals surface area contributed by atoms with Crippen molar-refractivity contribution in [2.24, 2.45) is 11.8 Å². The van der Waals surface area contributed by atoms with Crippen molar-refractivity contribution in [2.45, 2.75) is 26.3 Å². The van der Waals surface area contributed by atoms with Crippen molar-refractivity contribution in [3.05, 3.63) is 18.2 Å². The summed E-state index contributed by atoms with van der Waals surface area (Å²) in [6, 6.07) is 4.28. The van der Waals surface area contributed by atoms with Crippen LogP contribution >= 0.6 is 0 Å². The third-order valence-electron chi connectivity index (χ3n) is 4.99. The Bertz CT molecular complexity index is 855. The van der Waals surface area contributed by atoms with Crippen molar-refractivity contribution in [1.29, 1.82) is 0 Å². The van der Waals surface area contributed by atoms with Gasteiger partial charge < -0.3 is 30.1 Å². The zero-order chi connectivity index (χ0) is 21.8. The van der Waals surface area contributed by atoms with Crippen LogP contribution < -0.4 is 25.0 Å². The Hall–Kier alpha value is -3.30. The van der Waals surface area contributed by atoms with Crippen LogP contribution in [0.5, 0.6) is 11.5 Å². The van der Waals surface area contributed by atoms with Gasteiger partial charge in [0.2, 0.25) is 17.7 Å². The first-order valence-electron chi connectivity index (χ1n) is 9.76. The second-order valence-electron chi connectivity index (χ2n) is 7.58. The summed E-state index contributed by atoms with van der Waals surface area (Å²) >= 11 is 0. The fraction of sp³-hybridized carbons (Fsp3) is 0.500. The summed E-state index contributed by atoms with van der Waals surface area (Å²) in [5.41, 5.74) is 0.610. The molecule has 2 atom stereocenters. The molecule has 162 valence electrons. The molecule has 2 aliphatic heterocycles. The summed E-state index contributed by atoms with van der Waals surface area (Å²) in [5.74, 6) is -2.10. The minimum atomic E-state index is -1.17. The van der Waals surface area contributed by atoms with Crippen molar-refractivity contribution < 1.29 is 33.8 Å². The highest BCUT2D eigenvalue weighted by molar-refractivity contribution is 6.01. The molecule has 0 unspecified atom stereocenters. The number of ether oxygens (including phenoxy) is 2. The Morgan fingerprint density at radius 2 is 1.90 bits per heavy atom. The van der Waals surface area contributed by atoms with E-state index in [9.17, 15) is 19.2 Å². The third-order valence-corrected chi connectivity index (χ3v) is 4.99. The van der Waals surface area contributed by atoms with Gasteiger partial charge in [-0.3, -0.25) is 19.2 Å². The lowest BCUT2D eigenvalue weighted by Crippen LogP contribution is -2.52. The third kappa shape index (κ3) is 4.81. The summed E-state index contributed by atoms with van der Waals surface area (Å²) in [7, 11) is 0. The SMILES string of the molecule is CC(C)[C@H](NC(=O)[C@@H]1CC(=O)N(c2ccc3c(c2)OCCO3)C1)C(=O)NCC(=O)O. The van der Waals surface area contributed by atoms with Crippen LogP contribution in [0, 0.1) is 11.8 Å². The van der Waals surface area contributed by atoms with E-state index >= 15 is 0 Å². The van der Waals surface area contributed by atoms with E-state index in [1.165, 1.54) is 4.90 Å². The van der Waals surface area contributed by atoms with E-state index in [1.54, 1.807) is 32.0 Å². The molecule has 2 heterocycles. The lowest BCUT2D eigenvalue weighted by atomic mass is 10.0. The molecule has 10 nitrogen and oxygen atoms in total. The molecule has 3 rings (SSSR count). The van der Waals surface area contributed by atoms with E-state index in [0.717, 1.165) is 0 Å². The minimum absolute atomic E-state index is 0.0157. The molecular weight excluding hydrogens is 394 g/mol. The highest BCUT2D eigenvalue weighted by Crippen LogP contribution is 2.36. The molecule has 1 aromatic carbocycles. The van der Waals surface area contributed by atoms with Crippen LogP contribution in [0.3, 0.4) is 0 Å². The molecular formula is C20H25N3O7. The molecule has 30 heavy (non-hydrogen) atoms. The Morgan fingerprint density at radius 3 is 2.57 bits per heavy atom. The molecule has 2 aliphatic rings. The zero-order valence-electron chi connectivity index (χ0n) is 16.8. The number of carbonyl (C=O) groups excluding carboxylic acids is 3. The molecule has 0 aromatic heterocycles. The number of carboxylic acid groups (broad SMARTS) is 1. The Morgan fingerprint density at radius 1 is 1.20 bits per heavy atom. The van der Waals surface area contributed by atoms with Crippen LogP contribution in [0.1, 0.15) is 20.3 Å². The second kappa shape index (κ2) is 9.02. The van der Waals surface area contributed by atoms with Gasteiger partial charge in [-0.05, 0) is 18.1 Å². The van der Waals surface area contributed by atoms with Gasteiger partial charge in [-0.15, -0.1) is 0 Å². The van der Waals surface area contributed by atoms with Crippen LogP contribution in [0.4, 0.5) is 5.69 Å². The van der Waals surface area contributed by atoms with E-state index in [1.807, 2.05) is 0 Å². The van der Waals surface area contributed by atoms with E-state index < -0.39 is 36.3 Å². The largest absolute Gasteiger partial charge is 0.486 e. The van der Waals surface area contributed by atoms with Gasteiger partial charge in [0.15, 0.2) is 11.5 Å². The second-order valence-corrected chi connectivity index (χ2v) is 7.58. The number of benzene rings is 1. The number of hydrogen-bond acceptors (Lipinski definition) is 6. The molecule has 0 radical (unpaired) electrons. The molecule has 1 saturated heterocycles. The highest BCUT2D eigenvalue weighted by atomic mass is 16.6. The highest BCUT2D eigenvalue weighted by Gasteiger charge is 2.37. The fourth-order valence-electron chi connectivity index (χ4n) is 3.41. The molecule has 0 spiro atoms. The summed E-state index contributed by atoms with van der Waals surface area (Å²) < 4.78 is 11.0. The number of amides is 3. The zero-order valence-corrected chi connectivity index (χ0v) is 16.8.